The van der Waals surface area contributed by atoms with Crippen molar-refractivity contribution in [3.63, 3.8) is 0 Å². The van der Waals surface area contributed by atoms with Gasteiger partial charge in [0.1, 0.15) is 0 Å². The summed E-state index contributed by atoms with van der Waals surface area (Å²) in [5.74, 6) is 0.388. The summed E-state index contributed by atoms with van der Waals surface area (Å²) >= 11 is 1.44. The molecule has 0 saturated carbocycles. The van der Waals surface area contributed by atoms with Crippen LogP contribution in [0, 0.1) is 6.92 Å². The SMILES string of the molecule is Cc1[nH]c(SCC(=O)NC[C@@H]2CCCO2)nc1Cc1ccccc1. The van der Waals surface area contributed by atoms with Gasteiger partial charge < -0.3 is 15.0 Å². The molecule has 1 aliphatic heterocycles. The number of nitrogens with one attached hydrogen (secondary N) is 2. The number of hydrogen-bond donors (Lipinski definition) is 2. The molecule has 5 nitrogen and oxygen atoms in total. The Hall–Kier alpha value is -1.79. The van der Waals surface area contributed by atoms with Crippen molar-refractivity contribution >= 4 is 17.7 Å². The van der Waals surface area contributed by atoms with Gasteiger partial charge in [-0.3, -0.25) is 4.79 Å². The topological polar surface area (TPSA) is 67.0 Å². The van der Waals surface area contributed by atoms with Gasteiger partial charge in [0.15, 0.2) is 5.16 Å². The Labute approximate surface area is 146 Å². The van der Waals surface area contributed by atoms with E-state index in [9.17, 15) is 4.79 Å². The van der Waals surface area contributed by atoms with Crippen molar-refractivity contribution in [1.82, 2.24) is 15.3 Å². The molecule has 1 amide bonds. The van der Waals surface area contributed by atoms with Crippen molar-refractivity contribution < 1.29 is 9.53 Å². The zero-order chi connectivity index (χ0) is 16.8. The molecule has 2 N–H and O–H groups in total. The summed E-state index contributed by atoms with van der Waals surface area (Å²) in [5, 5.41) is 3.73. The van der Waals surface area contributed by atoms with E-state index >= 15 is 0 Å². The summed E-state index contributed by atoms with van der Waals surface area (Å²) in [6.07, 6.45) is 3.11. The van der Waals surface area contributed by atoms with Crippen molar-refractivity contribution in [3.8, 4) is 0 Å². The molecular formula is C18H23N3O2S. The third kappa shape index (κ3) is 4.85. The fraction of sp³-hybridized carbons (Fsp3) is 0.444. The standard InChI is InChI=1S/C18H23N3O2S/c1-13-16(10-14-6-3-2-4-7-14)21-18(20-13)24-12-17(22)19-11-15-8-5-9-23-15/h2-4,6-7,15H,5,8-12H2,1H3,(H,19,22)(H,20,21)/t15-/m0/s1. The van der Waals surface area contributed by atoms with E-state index in [1.165, 1.54) is 17.3 Å². The molecule has 128 valence electrons. The predicted molar refractivity (Wildman–Crippen MR) is 95.3 cm³/mol. The number of aryl methyl sites for hydroxylation is 1. The largest absolute Gasteiger partial charge is 0.376 e. The molecule has 1 aliphatic rings. The molecule has 1 aromatic heterocycles. The van der Waals surface area contributed by atoms with Crippen molar-refractivity contribution in [2.24, 2.45) is 0 Å². The molecule has 1 aromatic carbocycles. The Kier molecular flexibility index (Phi) is 5.93. The summed E-state index contributed by atoms with van der Waals surface area (Å²) in [7, 11) is 0. The highest BCUT2D eigenvalue weighted by Gasteiger charge is 2.16. The lowest BCUT2D eigenvalue weighted by atomic mass is 10.1. The fourth-order valence-corrected chi connectivity index (χ4v) is 3.48. The molecule has 6 heteroatoms. The molecule has 0 unspecified atom stereocenters. The van der Waals surface area contributed by atoms with E-state index in [4.69, 9.17) is 4.74 Å². The van der Waals surface area contributed by atoms with Crippen LogP contribution in [-0.4, -0.2) is 40.9 Å². The number of carbonyl (C=O) groups excluding carboxylic acids is 1. The van der Waals surface area contributed by atoms with Gasteiger partial charge in [-0.1, -0.05) is 42.1 Å². The second-order valence-electron chi connectivity index (χ2n) is 6.00. The molecule has 0 spiro atoms. The summed E-state index contributed by atoms with van der Waals surface area (Å²) in [5.41, 5.74) is 3.32. The van der Waals surface area contributed by atoms with Crippen LogP contribution in [0.3, 0.4) is 0 Å². The number of carbonyl (C=O) groups is 1. The number of H-pyrrole nitrogens is 1. The van der Waals surface area contributed by atoms with Gasteiger partial charge in [-0.15, -0.1) is 0 Å². The summed E-state index contributed by atoms with van der Waals surface area (Å²) < 4.78 is 5.50. The first-order valence-electron chi connectivity index (χ1n) is 8.31. The number of aromatic nitrogens is 2. The summed E-state index contributed by atoms with van der Waals surface area (Å²) in [6, 6.07) is 10.3. The van der Waals surface area contributed by atoms with Crippen molar-refractivity contribution in [2.45, 2.75) is 37.4 Å². The van der Waals surface area contributed by atoms with E-state index in [1.807, 2.05) is 25.1 Å². The van der Waals surface area contributed by atoms with Gasteiger partial charge in [0.2, 0.25) is 5.91 Å². The lowest BCUT2D eigenvalue weighted by Crippen LogP contribution is -2.32. The second-order valence-corrected chi connectivity index (χ2v) is 6.97. The van der Waals surface area contributed by atoms with Gasteiger partial charge in [0.25, 0.3) is 0 Å². The van der Waals surface area contributed by atoms with Crippen LogP contribution >= 0.6 is 11.8 Å². The Morgan fingerprint density at radius 1 is 1.42 bits per heavy atom. The van der Waals surface area contributed by atoms with E-state index in [0.29, 0.717) is 12.3 Å². The normalized spacial score (nSPS) is 17.1. The molecular weight excluding hydrogens is 322 g/mol. The Morgan fingerprint density at radius 2 is 2.25 bits per heavy atom. The number of aromatic amines is 1. The third-order valence-corrected chi connectivity index (χ3v) is 4.94. The minimum absolute atomic E-state index is 0.0224. The number of amides is 1. The molecule has 1 fully saturated rings. The predicted octanol–water partition coefficient (Wildman–Crippen LogP) is 2.70. The zero-order valence-electron chi connectivity index (χ0n) is 13.9. The smallest absolute Gasteiger partial charge is 0.230 e. The van der Waals surface area contributed by atoms with Crippen LogP contribution in [0.2, 0.25) is 0 Å². The minimum Gasteiger partial charge on any atom is -0.376 e. The number of hydrogen-bond acceptors (Lipinski definition) is 4. The van der Waals surface area contributed by atoms with E-state index < -0.39 is 0 Å². The Balaban J connectivity index is 1.47. The number of thioether (sulfide) groups is 1. The maximum Gasteiger partial charge on any atom is 0.230 e. The van der Waals surface area contributed by atoms with Gasteiger partial charge in [-0.2, -0.15) is 0 Å². The van der Waals surface area contributed by atoms with Crippen molar-refractivity contribution in [1.29, 1.82) is 0 Å². The number of ether oxygens (including phenoxy) is 1. The first-order chi connectivity index (χ1) is 11.7. The van der Waals surface area contributed by atoms with Gasteiger partial charge >= 0.3 is 0 Å². The fourth-order valence-electron chi connectivity index (χ4n) is 2.71. The summed E-state index contributed by atoms with van der Waals surface area (Å²) in [6.45, 7) is 3.44. The molecule has 3 rings (SSSR count). The Bertz CT molecular complexity index is 666. The number of rotatable bonds is 7. The average molecular weight is 345 g/mol. The molecule has 1 saturated heterocycles. The number of benzene rings is 1. The van der Waals surface area contributed by atoms with Gasteiger partial charge in [0, 0.05) is 25.3 Å². The highest BCUT2D eigenvalue weighted by atomic mass is 32.2. The van der Waals surface area contributed by atoms with Crippen LogP contribution in [0.25, 0.3) is 0 Å². The van der Waals surface area contributed by atoms with Crippen LogP contribution in [0.4, 0.5) is 0 Å². The van der Waals surface area contributed by atoms with Crippen LogP contribution in [0.1, 0.15) is 29.8 Å². The maximum atomic E-state index is 11.9. The molecule has 2 heterocycles. The average Bonchev–Trinajstić information content (AvgIpc) is 3.22. The first-order valence-corrected chi connectivity index (χ1v) is 9.30. The number of imidazole rings is 1. The highest BCUT2D eigenvalue weighted by Crippen LogP contribution is 2.19. The lowest BCUT2D eigenvalue weighted by molar-refractivity contribution is -0.119. The molecule has 24 heavy (non-hydrogen) atoms. The lowest BCUT2D eigenvalue weighted by Gasteiger charge is -2.10. The summed E-state index contributed by atoms with van der Waals surface area (Å²) in [4.78, 5) is 19.8. The molecule has 1 atom stereocenters. The van der Waals surface area contributed by atoms with Crippen LogP contribution in [-0.2, 0) is 16.0 Å². The quantitative estimate of drug-likeness (QED) is 0.757. The van der Waals surface area contributed by atoms with Crippen LogP contribution < -0.4 is 5.32 Å². The van der Waals surface area contributed by atoms with Gasteiger partial charge in [-0.05, 0) is 25.3 Å². The third-order valence-electron chi connectivity index (χ3n) is 4.07. The van der Waals surface area contributed by atoms with Crippen LogP contribution in [0.15, 0.2) is 35.5 Å². The molecule has 0 radical (unpaired) electrons. The maximum absolute atomic E-state index is 11.9. The minimum atomic E-state index is 0.0224. The van der Waals surface area contributed by atoms with Gasteiger partial charge in [0.05, 0.1) is 17.6 Å². The van der Waals surface area contributed by atoms with Crippen molar-refractivity contribution in [3.05, 3.63) is 47.3 Å². The van der Waals surface area contributed by atoms with E-state index in [2.05, 4.69) is 27.4 Å². The molecule has 0 aliphatic carbocycles. The number of nitrogens with zero attached hydrogens (tertiary/aromatic N) is 1. The van der Waals surface area contributed by atoms with E-state index in [0.717, 1.165) is 42.4 Å². The van der Waals surface area contributed by atoms with Gasteiger partial charge in [-0.25, -0.2) is 4.98 Å². The highest BCUT2D eigenvalue weighted by molar-refractivity contribution is 7.99. The molecule has 2 aromatic rings. The second kappa shape index (κ2) is 8.35. The van der Waals surface area contributed by atoms with E-state index in [1.54, 1.807) is 0 Å². The van der Waals surface area contributed by atoms with Crippen molar-refractivity contribution in [2.75, 3.05) is 18.9 Å². The zero-order valence-corrected chi connectivity index (χ0v) is 14.7. The Morgan fingerprint density at radius 3 is 3.00 bits per heavy atom. The first kappa shape index (κ1) is 17.0. The van der Waals surface area contributed by atoms with Crippen LogP contribution in [0.5, 0.6) is 0 Å². The molecule has 0 bridgehead atoms. The van der Waals surface area contributed by atoms with E-state index in [-0.39, 0.29) is 12.0 Å². The monoisotopic (exact) mass is 345 g/mol.